The Morgan fingerprint density at radius 3 is 2.26 bits per heavy atom. The Balaban J connectivity index is 1.11. The third-order valence-corrected chi connectivity index (χ3v) is 8.63. The van der Waals surface area contributed by atoms with E-state index in [1.165, 1.54) is 11.1 Å². The van der Waals surface area contributed by atoms with Crippen molar-refractivity contribution in [3.05, 3.63) is 119 Å². The van der Waals surface area contributed by atoms with Crippen LogP contribution in [0.2, 0.25) is 0 Å². The predicted molar refractivity (Wildman–Crippen MR) is 137 cm³/mol. The van der Waals surface area contributed by atoms with E-state index in [2.05, 4.69) is 22.0 Å². The molecule has 1 fully saturated rings. The molecule has 8 aliphatic rings. The van der Waals surface area contributed by atoms with Crippen LogP contribution in [0.25, 0.3) is 0 Å². The molecule has 1 saturated carbocycles. The van der Waals surface area contributed by atoms with E-state index in [9.17, 15) is 14.4 Å². The Bertz CT molecular complexity index is 1540. The molecule has 0 amide bonds. The van der Waals surface area contributed by atoms with Gasteiger partial charge in [0.15, 0.2) is 5.78 Å². The van der Waals surface area contributed by atoms with Crippen LogP contribution < -0.4 is 0 Å². The summed E-state index contributed by atoms with van der Waals surface area (Å²) in [4.78, 5) is 44.3. The summed E-state index contributed by atoms with van der Waals surface area (Å²) in [7, 11) is 0. The number of ketones is 1. The van der Waals surface area contributed by atoms with Crippen molar-refractivity contribution < 1.29 is 23.9 Å². The first kappa shape index (κ1) is 21.7. The molecule has 6 heterocycles. The normalized spacial score (nSPS) is 33.5. The van der Waals surface area contributed by atoms with Crippen molar-refractivity contribution in [2.75, 3.05) is 0 Å². The van der Waals surface area contributed by atoms with Crippen molar-refractivity contribution in [2.45, 2.75) is 37.5 Å². The van der Waals surface area contributed by atoms with Crippen LogP contribution in [-0.2, 0) is 23.9 Å². The molecule has 7 nitrogen and oxygen atoms in total. The molecular formula is C31H24N2O5. The van der Waals surface area contributed by atoms with E-state index < -0.39 is 35.7 Å². The maximum absolute atomic E-state index is 13.7. The molecule has 0 spiro atoms. The van der Waals surface area contributed by atoms with Crippen molar-refractivity contribution in [1.82, 2.24) is 9.80 Å². The minimum Gasteiger partial charge on any atom is -0.452 e. The smallest absolute Gasteiger partial charge is 0.322 e. The van der Waals surface area contributed by atoms with E-state index in [0.29, 0.717) is 18.6 Å². The number of carbonyl (C=O) groups is 3. The molecule has 0 saturated heterocycles. The number of Topliss-reactive ketones (excluding diaryl/α,β-unsaturated/α-hetero) is 1. The standard InChI is InChI=1S/C31H24N2O5/c34-27(23-15-19-13-17-5-1-9-32-11-3-7-21(25(17)32)28(19)37-30(23)35)24-16-20-14-18-6-2-10-33-12-4-8-22(26(18)33)29(20)38-31(24)36/h1-12,15,23-26,28H,13-14,16H2. The summed E-state index contributed by atoms with van der Waals surface area (Å²) in [5.41, 5.74) is 6.13. The minimum atomic E-state index is -1.12. The summed E-state index contributed by atoms with van der Waals surface area (Å²) >= 11 is 0. The molecule has 0 aromatic rings. The lowest BCUT2D eigenvalue weighted by atomic mass is 9.73. The zero-order chi connectivity index (χ0) is 25.5. The van der Waals surface area contributed by atoms with Crippen LogP contribution in [-0.4, -0.2) is 45.7 Å². The molecule has 0 aromatic heterocycles. The summed E-state index contributed by atoms with van der Waals surface area (Å²) in [6.45, 7) is 0. The lowest BCUT2D eigenvalue weighted by Crippen LogP contribution is -2.48. The Morgan fingerprint density at radius 2 is 1.47 bits per heavy atom. The van der Waals surface area contributed by atoms with Gasteiger partial charge in [-0.3, -0.25) is 14.4 Å². The van der Waals surface area contributed by atoms with Crippen LogP contribution in [0.3, 0.4) is 0 Å². The van der Waals surface area contributed by atoms with Gasteiger partial charge in [-0.1, -0.05) is 30.4 Å². The van der Waals surface area contributed by atoms with Gasteiger partial charge in [-0.15, -0.1) is 0 Å². The van der Waals surface area contributed by atoms with Crippen LogP contribution in [0.1, 0.15) is 19.3 Å². The first-order valence-corrected chi connectivity index (χ1v) is 13.0. The Hall–Kier alpha value is -4.39. The quantitative estimate of drug-likeness (QED) is 0.322. The van der Waals surface area contributed by atoms with Crippen molar-refractivity contribution in [1.29, 1.82) is 0 Å². The largest absolute Gasteiger partial charge is 0.452 e. The molecule has 38 heavy (non-hydrogen) atoms. The van der Waals surface area contributed by atoms with Gasteiger partial charge in [0.2, 0.25) is 0 Å². The summed E-state index contributed by atoms with van der Waals surface area (Å²) in [5, 5.41) is 0. The van der Waals surface area contributed by atoms with Gasteiger partial charge in [0.1, 0.15) is 23.7 Å². The number of esters is 2. The highest BCUT2D eigenvalue weighted by atomic mass is 16.5. The Morgan fingerprint density at radius 1 is 0.789 bits per heavy atom. The van der Waals surface area contributed by atoms with Gasteiger partial charge < -0.3 is 19.3 Å². The van der Waals surface area contributed by atoms with Crippen LogP contribution >= 0.6 is 0 Å². The summed E-state index contributed by atoms with van der Waals surface area (Å²) in [6.07, 6.45) is 26.8. The third kappa shape index (κ3) is 2.99. The topological polar surface area (TPSA) is 76.2 Å². The van der Waals surface area contributed by atoms with Crippen LogP contribution in [0, 0.1) is 11.8 Å². The average molecular weight is 505 g/mol. The average Bonchev–Trinajstić information content (AvgIpc) is 2.93. The fourth-order valence-electron chi connectivity index (χ4n) is 6.98. The number of hydrogen-bond acceptors (Lipinski definition) is 7. The van der Waals surface area contributed by atoms with Gasteiger partial charge in [0.25, 0.3) is 0 Å². The molecule has 2 aliphatic carbocycles. The van der Waals surface area contributed by atoms with Gasteiger partial charge in [-0.25, -0.2) is 0 Å². The van der Waals surface area contributed by atoms with Crippen molar-refractivity contribution >= 4 is 17.7 Å². The molecule has 188 valence electrons. The number of ether oxygens (including phenoxy) is 2. The van der Waals surface area contributed by atoms with Crippen molar-refractivity contribution in [2.24, 2.45) is 11.8 Å². The SMILES string of the molecule is O=C1OC2C(=CC1C(=O)C1CC3=C(OC1=O)C1=CC=CN4C=CC=C(C3)C14)CC1=CC=CN3C=CC=C2C13. The summed E-state index contributed by atoms with van der Waals surface area (Å²) < 4.78 is 11.7. The second-order valence-electron chi connectivity index (χ2n) is 10.7. The van der Waals surface area contributed by atoms with E-state index in [0.717, 1.165) is 22.3 Å². The molecule has 5 atom stereocenters. The van der Waals surface area contributed by atoms with Crippen LogP contribution in [0.5, 0.6) is 0 Å². The molecule has 7 heteroatoms. The van der Waals surface area contributed by atoms with Gasteiger partial charge in [0.05, 0.1) is 12.1 Å². The van der Waals surface area contributed by atoms with E-state index >= 15 is 0 Å². The molecule has 0 aromatic carbocycles. The lowest BCUT2D eigenvalue weighted by Gasteiger charge is -2.45. The highest BCUT2D eigenvalue weighted by molar-refractivity contribution is 6.11. The fraction of sp³-hybridized carbons (Fsp3) is 0.258. The fourth-order valence-corrected chi connectivity index (χ4v) is 6.98. The lowest BCUT2D eigenvalue weighted by molar-refractivity contribution is -0.157. The number of allylic oxidation sites excluding steroid dienone is 9. The van der Waals surface area contributed by atoms with Gasteiger partial charge >= 0.3 is 11.9 Å². The zero-order valence-corrected chi connectivity index (χ0v) is 20.4. The molecule has 8 rings (SSSR count). The zero-order valence-electron chi connectivity index (χ0n) is 20.4. The van der Waals surface area contributed by atoms with Gasteiger partial charge in [0, 0.05) is 35.9 Å². The molecule has 0 bridgehead atoms. The molecule has 5 unspecified atom stereocenters. The summed E-state index contributed by atoms with van der Waals surface area (Å²) in [5.74, 6) is -3.22. The van der Waals surface area contributed by atoms with Crippen LogP contribution in [0.15, 0.2) is 119 Å². The van der Waals surface area contributed by atoms with Crippen molar-refractivity contribution in [3.63, 3.8) is 0 Å². The van der Waals surface area contributed by atoms with Gasteiger partial charge in [-0.2, -0.15) is 0 Å². The highest BCUT2D eigenvalue weighted by Gasteiger charge is 2.49. The van der Waals surface area contributed by atoms with E-state index in [-0.39, 0.29) is 18.5 Å². The molecular weight excluding hydrogens is 480 g/mol. The highest BCUT2D eigenvalue weighted by Crippen LogP contribution is 2.47. The first-order valence-electron chi connectivity index (χ1n) is 13.0. The Labute approximate surface area is 219 Å². The maximum atomic E-state index is 13.7. The molecule has 0 radical (unpaired) electrons. The molecule has 6 aliphatic heterocycles. The number of fused-ring (bicyclic) bond motifs is 3. The summed E-state index contributed by atoms with van der Waals surface area (Å²) in [6, 6.07) is 0.0440. The second-order valence-corrected chi connectivity index (χ2v) is 10.7. The number of rotatable bonds is 2. The van der Waals surface area contributed by atoms with Gasteiger partial charge in [-0.05, 0) is 65.9 Å². The third-order valence-electron chi connectivity index (χ3n) is 8.63. The van der Waals surface area contributed by atoms with E-state index in [4.69, 9.17) is 9.47 Å². The number of carbonyl (C=O) groups excluding carboxylic acids is 3. The monoisotopic (exact) mass is 504 g/mol. The Kier molecular flexibility index (Phi) is 4.45. The first-order chi connectivity index (χ1) is 18.6. The minimum absolute atomic E-state index is 0.0118. The number of nitrogens with zero attached hydrogens (tertiary/aromatic N) is 2. The maximum Gasteiger partial charge on any atom is 0.322 e. The van der Waals surface area contributed by atoms with E-state index in [1.54, 1.807) is 6.08 Å². The predicted octanol–water partition coefficient (Wildman–Crippen LogP) is 3.80. The van der Waals surface area contributed by atoms with Crippen molar-refractivity contribution in [3.8, 4) is 0 Å². The van der Waals surface area contributed by atoms with E-state index in [1.807, 2.05) is 61.3 Å². The van der Waals surface area contributed by atoms with Crippen LogP contribution in [0.4, 0.5) is 0 Å². The molecule has 0 N–H and O–H groups in total. The number of hydrogen-bond donors (Lipinski definition) is 0. The second kappa shape index (κ2) is 7.81.